The van der Waals surface area contributed by atoms with Gasteiger partial charge in [0.05, 0.1) is 0 Å². The summed E-state index contributed by atoms with van der Waals surface area (Å²) >= 11 is 0. The Hall–Kier alpha value is -7.42. The van der Waals surface area contributed by atoms with Crippen LogP contribution in [0.15, 0.2) is 188 Å². The molecule has 4 aliphatic carbocycles. The third-order valence-corrected chi connectivity index (χ3v) is 16.1. The maximum atomic E-state index is 2.47. The molecule has 0 unspecified atom stereocenters. The summed E-state index contributed by atoms with van der Waals surface area (Å²) in [6, 6.07) is 64.2. The van der Waals surface area contributed by atoms with E-state index in [2.05, 4.69) is 259 Å². The van der Waals surface area contributed by atoms with Crippen molar-refractivity contribution in [3.63, 3.8) is 0 Å². The van der Waals surface area contributed by atoms with E-state index in [9.17, 15) is 0 Å². The summed E-state index contributed by atoms with van der Waals surface area (Å²) in [7, 11) is 0. The molecule has 12 rings (SSSR count). The molecule has 0 N–H and O–H groups in total. The third kappa shape index (κ3) is 6.90. The standard InChI is InChI=1S/C67H60N2/c1-43-17-26-47(27-18-43)68(50-32-36-56-53-13-9-11-15-59(53)65(3,4)62(56)40-50)49-30-23-45(24-31-49)21-22-46-25-35-55-58-38-34-52(42-64(58)67(7,8)61(55)39-46)69(48-28-19-44(2)20-29-48)51-33-37-57-54-14-10-12-16-60(54)66(5,6)63(57)41-51/h9-11,13-15,17-42H,12,16H2,1-8H3/b22-21+. The molecule has 0 radical (unpaired) electrons. The second-order valence-electron chi connectivity index (χ2n) is 21.5. The predicted octanol–water partition coefficient (Wildman–Crippen LogP) is 18.4. The summed E-state index contributed by atoms with van der Waals surface area (Å²) in [5.41, 5.74) is 28.3. The van der Waals surface area contributed by atoms with E-state index in [-0.39, 0.29) is 16.2 Å². The van der Waals surface area contributed by atoms with Crippen molar-refractivity contribution in [2.45, 2.75) is 84.5 Å². The highest BCUT2D eigenvalue weighted by molar-refractivity contribution is 5.91. The molecule has 2 heteroatoms. The van der Waals surface area contributed by atoms with Gasteiger partial charge in [0.25, 0.3) is 0 Å². The van der Waals surface area contributed by atoms with Gasteiger partial charge in [0.1, 0.15) is 0 Å². The Bertz CT molecular complexity index is 3460. The van der Waals surface area contributed by atoms with Crippen molar-refractivity contribution in [3.05, 3.63) is 243 Å². The van der Waals surface area contributed by atoms with Crippen molar-refractivity contribution in [2.24, 2.45) is 0 Å². The van der Waals surface area contributed by atoms with Crippen LogP contribution in [0.25, 0.3) is 40.0 Å². The van der Waals surface area contributed by atoms with Crippen LogP contribution >= 0.6 is 0 Å². The van der Waals surface area contributed by atoms with E-state index in [1.54, 1.807) is 5.57 Å². The molecule has 0 saturated carbocycles. The molecule has 8 aromatic rings. The van der Waals surface area contributed by atoms with Crippen LogP contribution in [0.3, 0.4) is 0 Å². The predicted molar refractivity (Wildman–Crippen MR) is 294 cm³/mol. The molecule has 0 heterocycles. The van der Waals surface area contributed by atoms with Crippen LogP contribution in [0.2, 0.25) is 0 Å². The Morgan fingerprint density at radius 1 is 0.377 bits per heavy atom. The average molecular weight is 893 g/mol. The van der Waals surface area contributed by atoms with Gasteiger partial charge in [0, 0.05) is 50.4 Å². The van der Waals surface area contributed by atoms with Crippen LogP contribution in [-0.4, -0.2) is 0 Å². The van der Waals surface area contributed by atoms with Gasteiger partial charge in [-0.3, -0.25) is 0 Å². The number of rotatable bonds is 8. The van der Waals surface area contributed by atoms with Crippen molar-refractivity contribution in [1.29, 1.82) is 0 Å². The summed E-state index contributed by atoms with van der Waals surface area (Å²) < 4.78 is 0. The highest BCUT2D eigenvalue weighted by Crippen LogP contribution is 2.55. The summed E-state index contributed by atoms with van der Waals surface area (Å²) in [4.78, 5) is 4.86. The second kappa shape index (κ2) is 15.8. The number of hydrogen-bond acceptors (Lipinski definition) is 2. The van der Waals surface area contributed by atoms with Crippen molar-refractivity contribution in [3.8, 4) is 22.3 Å². The number of fused-ring (bicyclic) bond motifs is 8. The van der Waals surface area contributed by atoms with E-state index in [0.717, 1.165) is 24.2 Å². The first-order chi connectivity index (χ1) is 33.3. The van der Waals surface area contributed by atoms with Crippen molar-refractivity contribution < 1.29 is 0 Å². The molecule has 338 valence electrons. The van der Waals surface area contributed by atoms with E-state index in [1.165, 1.54) is 106 Å². The molecule has 0 amide bonds. The monoisotopic (exact) mass is 892 g/mol. The number of hydrogen-bond donors (Lipinski definition) is 0. The van der Waals surface area contributed by atoms with Crippen LogP contribution < -0.4 is 9.80 Å². The van der Waals surface area contributed by atoms with Crippen LogP contribution in [0.5, 0.6) is 0 Å². The van der Waals surface area contributed by atoms with Gasteiger partial charge in [0.2, 0.25) is 0 Å². The lowest BCUT2D eigenvalue weighted by Gasteiger charge is -2.30. The smallest absolute Gasteiger partial charge is 0.0465 e. The second-order valence-corrected chi connectivity index (χ2v) is 21.5. The molecule has 8 aromatic carbocycles. The third-order valence-electron chi connectivity index (χ3n) is 16.1. The first-order valence-electron chi connectivity index (χ1n) is 24.9. The van der Waals surface area contributed by atoms with Crippen LogP contribution in [0.1, 0.15) is 110 Å². The van der Waals surface area contributed by atoms with E-state index in [1.807, 2.05) is 0 Å². The van der Waals surface area contributed by atoms with Gasteiger partial charge >= 0.3 is 0 Å². The average Bonchev–Trinajstić information content (AvgIpc) is 3.84. The normalized spacial score (nSPS) is 16.2. The molecule has 0 atom stereocenters. The zero-order valence-corrected chi connectivity index (χ0v) is 41.3. The highest BCUT2D eigenvalue weighted by Gasteiger charge is 2.40. The van der Waals surface area contributed by atoms with Crippen molar-refractivity contribution in [1.82, 2.24) is 0 Å². The van der Waals surface area contributed by atoms with Gasteiger partial charge in [0.15, 0.2) is 0 Å². The van der Waals surface area contributed by atoms with Gasteiger partial charge in [-0.2, -0.15) is 0 Å². The van der Waals surface area contributed by atoms with E-state index in [0.29, 0.717) is 0 Å². The van der Waals surface area contributed by atoms with Crippen LogP contribution in [0, 0.1) is 13.8 Å². The summed E-state index contributed by atoms with van der Waals surface area (Å²) in [5.74, 6) is 0. The van der Waals surface area contributed by atoms with Crippen molar-refractivity contribution in [2.75, 3.05) is 9.80 Å². The lowest BCUT2D eigenvalue weighted by Crippen LogP contribution is -2.19. The SMILES string of the molecule is Cc1ccc(N(c2ccc(/C=C/c3ccc4c(c3)C(C)(C)c3cc(N(c5ccc(C)cc5)c5ccc6c(c5)C(C)(C)C5=C6C=CCC5)ccc3-4)cc2)c2ccc3c(c2)C(C)(C)c2ccccc2-3)cc1. The number of nitrogens with zero attached hydrogens (tertiary/aromatic N) is 2. The first-order valence-corrected chi connectivity index (χ1v) is 24.9. The minimum Gasteiger partial charge on any atom is -0.310 e. The molecule has 0 aromatic heterocycles. The van der Waals surface area contributed by atoms with Crippen LogP contribution in [-0.2, 0) is 16.2 Å². The largest absolute Gasteiger partial charge is 0.310 e. The lowest BCUT2D eigenvalue weighted by atomic mass is 9.78. The van der Waals surface area contributed by atoms with E-state index < -0.39 is 0 Å². The van der Waals surface area contributed by atoms with E-state index in [4.69, 9.17) is 0 Å². The molecular weight excluding hydrogens is 833 g/mol. The number of aryl methyl sites for hydroxylation is 2. The van der Waals surface area contributed by atoms with Crippen LogP contribution in [0.4, 0.5) is 34.1 Å². The fourth-order valence-corrected chi connectivity index (χ4v) is 12.2. The first kappa shape index (κ1) is 42.9. The zero-order valence-electron chi connectivity index (χ0n) is 41.3. The van der Waals surface area contributed by atoms with Crippen molar-refractivity contribution >= 4 is 51.8 Å². The molecule has 0 aliphatic heterocycles. The minimum absolute atomic E-state index is 0.000585. The lowest BCUT2D eigenvalue weighted by molar-refractivity contribution is 0.607. The fourth-order valence-electron chi connectivity index (χ4n) is 12.2. The Morgan fingerprint density at radius 3 is 1.36 bits per heavy atom. The quantitative estimate of drug-likeness (QED) is 0.140. The molecular formula is C67H60N2. The summed E-state index contributed by atoms with van der Waals surface area (Å²) in [6.07, 6.45) is 11.5. The fraction of sp³-hybridized carbons (Fsp3) is 0.194. The molecule has 4 aliphatic rings. The van der Waals surface area contributed by atoms with E-state index >= 15 is 0 Å². The number of anilines is 6. The zero-order chi connectivity index (χ0) is 47.4. The Kier molecular flexibility index (Phi) is 9.84. The van der Waals surface area contributed by atoms with Gasteiger partial charge in [-0.05, 0) is 172 Å². The number of benzene rings is 8. The highest BCUT2D eigenvalue weighted by atomic mass is 15.1. The number of allylic oxidation sites excluding steroid dienone is 4. The molecule has 69 heavy (non-hydrogen) atoms. The Labute approximate surface area is 409 Å². The van der Waals surface area contributed by atoms with Gasteiger partial charge in [-0.25, -0.2) is 0 Å². The Balaban J connectivity index is 0.839. The molecule has 0 spiro atoms. The Morgan fingerprint density at radius 2 is 0.783 bits per heavy atom. The molecule has 0 bridgehead atoms. The molecule has 0 fully saturated rings. The van der Waals surface area contributed by atoms with Gasteiger partial charge < -0.3 is 9.80 Å². The summed E-state index contributed by atoms with van der Waals surface area (Å²) in [6.45, 7) is 18.6. The molecule has 0 saturated heterocycles. The van der Waals surface area contributed by atoms with Gasteiger partial charge in [-0.1, -0.05) is 180 Å². The topological polar surface area (TPSA) is 6.48 Å². The maximum Gasteiger partial charge on any atom is 0.0465 e. The van der Waals surface area contributed by atoms with Gasteiger partial charge in [-0.15, -0.1) is 0 Å². The molecule has 2 nitrogen and oxygen atoms in total. The maximum absolute atomic E-state index is 2.47. The summed E-state index contributed by atoms with van der Waals surface area (Å²) in [5, 5.41) is 0. The minimum atomic E-state index is -0.185.